The van der Waals surface area contributed by atoms with Gasteiger partial charge in [-0.15, -0.1) is 0 Å². The van der Waals surface area contributed by atoms with Crippen molar-refractivity contribution in [3.63, 3.8) is 0 Å². The van der Waals surface area contributed by atoms with Gasteiger partial charge >= 0.3 is 6.09 Å². The van der Waals surface area contributed by atoms with E-state index in [1.807, 2.05) is 30.3 Å². The van der Waals surface area contributed by atoms with Crippen molar-refractivity contribution in [2.24, 2.45) is 5.92 Å². The van der Waals surface area contributed by atoms with E-state index < -0.39 is 0 Å². The van der Waals surface area contributed by atoms with Gasteiger partial charge in [-0.2, -0.15) is 0 Å². The summed E-state index contributed by atoms with van der Waals surface area (Å²) in [6, 6.07) is 9.77. The summed E-state index contributed by atoms with van der Waals surface area (Å²) in [5.74, 6) is 0.473. The summed E-state index contributed by atoms with van der Waals surface area (Å²) < 4.78 is 5.34. The number of carbonyl (C=O) groups excluding carboxylic acids is 1. The van der Waals surface area contributed by atoms with Gasteiger partial charge in [0.2, 0.25) is 0 Å². The Kier molecular flexibility index (Phi) is 4.80. The fourth-order valence-electron chi connectivity index (χ4n) is 2.60. The van der Waals surface area contributed by atoms with Crippen LogP contribution in [0.4, 0.5) is 4.79 Å². The number of hydrogen-bond donors (Lipinski definition) is 1. The van der Waals surface area contributed by atoms with E-state index >= 15 is 0 Å². The zero-order valence-corrected chi connectivity index (χ0v) is 11.3. The molecule has 1 aromatic carbocycles. The van der Waals surface area contributed by atoms with Crippen molar-refractivity contribution in [3.05, 3.63) is 35.9 Å². The molecular formula is C15H21NO3. The van der Waals surface area contributed by atoms with Crippen LogP contribution in [0.15, 0.2) is 30.3 Å². The number of amides is 1. The molecule has 4 nitrogen and oxygen atoms in total. The molecule has 0 bridgehead atoms. The minimum absolute atomic E-state index is 0.111. The Morgan fingerprint density at radius 1 is 1.42 bits per heavy atom. The molecule has 1 fully saturated rings. The largest absolute Gasteiger partial charge is 0.445 e. The maximum absolute atomic E-state index is 12.1. The molecule has 0 saturated carbocycles. The number of aliphatic hydroxyl groups is 1. The Morgan fingerprint density at radius 2 is 2.16 bits per heavy atom. The zero-order valence-electron chi connectivity index (χ0n) is 11.3. The number of carbonyl (C=O) groups is 1. The summed E-state index contributed by atoms with van der Waals surface area (Å²) in [6.07, 6.45) is 1.30. The van der Waals surface area contributed by atoms with Crippen LogP contribution in [-0.2, 0) is 11.3 Å². The Labute approximate surface area is 114 Å². The molecule has 0 unspecified atom stereocenters. The van der Waals surface area contributed by atoms with Crippen LogP contribution in [0.3, 0.4) is 0 Å². The first-order chi connectivity index (χ1) is 9.20. The number of rotatable bonds is 4. The summed E-state index contributed by atoms with van der Waals surface area (Å²) in [7, 11) is 0. The van der Waals surface area contributed by atoms with Gasteiger partial charge in [0.1, 0.15) is 6.61 Å². The van der Waals surface area contributed by atoms with Gasteiger partial charge in [-0.1, -0.05) is 37.3 Å². The molecule has 1 aromatic rings. The van der Waals surface area contributed by atoms with Crippen LogP contribution in [0.1, 0.15) is 25.3 Å². The van der Waals surface area contributed by atoms with E-state index in [2.05, 4.69) is 6.92 Å². The minimum Gasteiger partial charge on any atom is -0.445 e. The predicted molar refractivity (Wildman–Crippen MR) is 72.6 cm³/mol. The van der Waals surface area contributed by atoms with Crippen LogP contribution in [0.5, 0.6) is 0 Å². The highest BCUT2D eigenvalue weighted by Crippen LogP contribution is 2.25. The Bertz CT molecular complexity index is 407. The van der Waals surface area contributed by atoms with Crippen molar-refractivity contribution >= 4 is 6.09 Å². The van der Waals surface area contributed by atoms with Crippen molar-refractivity contribution in [2.45, 2.75) is 32.4 Å². The lowest BCUT2D eigenvalue weighted by atomic mass is 10.1. The highest BCUT2D eigenvalue weighted by molar-refractivity contribution is 5.68. The normalized spacial score (nSPS) is 22.5. The highest BCUT2D eigenvalue weighted by atomic mass is 16.6. The Balaban J connectivity index is 1.88. The number of benzene rings is 1. The maximum Gasteiger partial charge on any atom is 0.410 e. The molecular weight excluding hydrogens is 242 g/mol. The third-order valence-electron chi connectivity index (χ3n) is 3.53. The molecule has 1 aliphatic heterocycles. The molecule has 0 spiro atoms. The van der Waals surface area contributed by atoms with Crippen molar-refractivity contribution in [3.8, 4) is 0 Å². The maximum atomic E-state index is 12.1. The van der Waals surface area contributed by atoms with Crippen LogP contribution >= 0.6 is 0 Å². The number of nitrogens with zero attached hydrogens (tertiary/aromatic N) is 1. The second-order valence-electron chi connectivity index (χ2n) is 5.20. The summed E-state index contributed by atoms with van der Waals surface area (Å²) in [5, 5.41) is 9.04. The molecule has 4 heteroatoms. The van der Waals surface area contributed by atoms with E-state index in [0.29, 0.717) is 18.9 Å². The Hall–Kier alpha value is -1.55. The van der Waals surface area contributed by atoms with Gasteiger partial charge in [-0.25, -0.2) is 4.79 Å². The molecule has 2 atom stereocenters. The number of ether oxygens (including phenoxy) is 1. The van der Waals surface area contributed by atoms with Gasteiger partial charge in [-0.3, -0.25) is 0 Å². The average molecular weight is 263 g/mol. The van der Waals surface area contributed by atoms with E-state index in [-0.39, 0.29) is 18.7 Å². The standard InChI is InChI=1S/C15H21NO3/c1-12-9-14(7-8-17)16(10-12)15(18)19-11-13-5-3-2-4-6-13/h2-6,12,14,17H,7-11H2,1H3/t12-,14+/m1/s1. The van der Waals surface area contributed by atoms with Crippen molar-refractivity contribution in [1.82, 2.24) is 4.90 Å². The monoisotopic (exact) mass is 263 g/mol. The third kappa shape index (κ3) is 3.70. The fourth-order valence-corrected chi connectivity index (χ4v) is 2.60. The highest BCUT2D eigenvalue weighted by Gasteiger charge is 2.33. The third-order valence-corrected chi connectivity index (χ3v) is 3.53. The lowest BCUT2D eigenvalue weighted by molar-refractivity contribution is 0.0869. The van der Waals surface area contributed by atoms with Gasteiger partial charge in [0.25, 0.3) is 0 Å². The number of aliphatic hydroxyl groups excluding tert-OH is 1. The van der Waals surface area contributed by atoms with Crippen molar-refractivity contribution < 1.29 is 14.6 Å². The van der Waals surface area contributed by atoms with Gasteiger partial charge in [0.15, 0.2) is 0 Å². The van der Waals surface area contributed by atoms with Gasteiger partial charge in [0, 0.05) is 19.2 Å². The van der Waals surface area contributed by atoms with E-state index in [1.54, 1.807) is 4.90 Å². The van der Waals surface area contributed by atoms with Gasteiger partial charge in [0.05, 0.1) is 0 Å². The van der Waals surface area contributed by atoms with Crippen molar-refractivity contribution in [1.29, 1.82) is 0 Å². The van der Waals surface area contributed by atoms with Gasteiger partial charge < -0.3 is 14.7 Å². The smallest absolute Gasteiger partial charge is 0.410 e. The fraction of sp³-hybridized carbons (Fsp3) is 0.533. The predicted octanol–water partition coefficient (Wildman–Crippen LogP) is 2.42. The second-order valence-corrected chi connectivity index (χ2v) is 5.20. The van der Waals surface area contributed by atoms with E-state index in [4.69, 9.17) is 9.84 Å². The molecule has 19 heavy (non-hydrogen) atoms. The lowest BCUT2D eigenvalue weighted by Crippen LogP contribution is -2.36. The molecule has 1 saturated heterocycles. The van der Waals surface area contributed by atoms with Crippen molar-refractivity contribution in [2.75, 3.05) is 13.2 Å². The quantitative estimate of drug-likeness (QED) is 0.907. The molecule has 1 amide bonds. The van der Waals surface area contributed by atoms with Crippen LogP contribution in [0.25, 0.3) is 0 Å². The summed E-state index contributed by atoms with van der Waals surface area (Å²) in [4.78, 5) is 13.8. The first-order valence-corrected chi connectivity index (χ1v) is 6.79. The Morgan fingerprint density at radius 3 is 2.84 bits per heavy atom. The van der Waals surface area contributed by atoms with E-state index in [1.165, 1.54) is 0 Å². The molecule has 0 aromatic heterocycles. The molecule has 0 aliphatic carbocycles. The SMILES string of the molecule is C[C@@H]1C[C@H](CCO)N(C(=O)OCc2ccccc2)C1. The van der Waals surface area contributed by atoms with Crippen LogP contribution < -0.4 is 0 Å². The summed E-state index contributed by atoms with van der Waals surface area (Å²) in [6.45, 7) is 3.25. The first kappa shape index (κ1) is 13.9. The van der Waals surface area contributed by atoms with Crippen LogP contribution in [0, 0.1) is 5.92 Å². The van der Waals surface area contributed by atoms with Gasteiger partial charge in [-0.05, 0) is 24.3 Å². The summed E-state index contributed by atoms with van der Waals surface area (Å²) in [5.41, 5.74) is 0.988. The molecule has 1 N–H and O–H groups in total. The number of hydrogen-bond acceptors (Lipinski definition) is 3. The molecule has 1 aliphatic rings. The van der Waals surface area contributed by atoms with E-state index in [9.17, 15) is 4.79 Å². The van der Waals surface area contributed by atoms with Crippen LogP contribution in [0.2, 0.25) is 0 Å². The average Bonchev–Trinajstić information content (AvgIpc) is 2.79. The van der Waals surface area contributed by atoms with Crippen LogP contribution in [-0.4, -0.2) is 35.3 Å². The zero-order chi connectivity index (χ0) is 13.7. The molecule has 0 radical (unpaired) electrons. The topological polar surface area (TPSA) is 49.8 Å². The minimum atomic E-state index is -0.272. The first-order valence-electron chi connectivity index (χ1n) is 6.79. The molecule has 104 valence electrons. The summed E-state index contributed by atoms with van der Waals surface area (Å²) >= 11 is 0. The molecule has 1 heterocycles. The second kappa shape index (κ2) is 6.57. The van der Waals surface area contributed by atoms with E-state index in [0.717, 1.165) is 18.5 Å². The lowest BCUT2D eigenvalue weighted by Gasteiger charge is -2.23. The number of likely N-dealkylation sites (tertiary alicyclic amines) is 1. The molecule has 2 rings (SSSR count).